The number of aliphatic hydroxyl groups excluding tert-OH is 1. The van der Waals surface area contributed by atoms with Crippen LogP contribution < -0.4 is 0 Å². The second-order valence-corrected chi connectivity index (χ2v) is 2.85. The molecular weight excluding hydrogens is 210 g/mol. The third-order valence-electron chi connectivity index (χ3n) is 2.03. The van der Waals surface area contributed by atoms with Crippen molar-refractivity contribution in [1.82, 2.24) is 4.98 Å². The molecule has 1 aromatic heterocycles. The number of hydrogen-bond acceptors (Lipinski definition) is 4. The first-order valence-electron chi connectivity index (χ1n) is 4.00. The lowest BCUT2D eigenvalue weighted by molar-refractivity contribution is -0.385. The number of pyridine rings is 1. The van der Waals surface area contributed by atoms with E-state index in [1.807, 2.05) is 0 Å². The van der Waals surface area contributed by atoms with Crippen molar-refractivity contribution in [3.05, 3.63) is 33.1 Å². The van der Waals surface area contributed by atoms with E-state index in [1.165, 1.54) is 6.92 Å². The molecule has 0 radical (unpaired) electrons. The Hall–Kier alpha value is -1.63. The lowest BCUT2D eigenvalue weighted by Gasteiger charge is -2.08. The van der Waals surface area contributed by atoms with Gasteiger partial charge in [-0.1, -0.05) is 0 Å². The van der Waals surface area contributed by atoms with Gasteiger partial charge in [0.25, 0.3) is 12.1 Å². The number of hydrogen-bond donors (Lipinski definition) is 1. The molecule has 0 saturated heterocycles. The Morgan fingerprint density at radius 2 is 2.27 bits per heavy atom. The molecule has 7 heteroatoms. The van der Waals surface area contributed by atoms with Crippen LogP contribution in [0.25, 0.3) is 0 Å². The van der Waals surface area contributed by atoms with Gasteiger partial charge >= 0.3 is 0 Å². The van der Waals surface area contributed by atoms with Gasteiger partial charge in [0, 0.05) is 11.1 Å². The van der Waals surface area contributed by atoms with Crippen LogP contribution in [0.2, 0.25) is 0 Å². The molecule has 0 aliphatic heterocycles. The van der Waals surface area contributed by atoms with Gasteiger partial charge < -0.3 is 5.11 Å². The highest BCUT2D eigenvalue weighted by atomic mass is 19.3. The molecule has 0 amide bonds. The van der Waals surface area contributed by atoms with Crippen LogP contribution in [0.15, 0.2) is 6.20 Å². The predicted octanol–water partition coefficient (Wildman–Crippen LogP) is 1.73. The molecule has 0 aromatic carbocycles. The molecule has 1 N–H and O–H groups in total. The molecule has 0 bridgehead atoms. The van der Waals surface area contributed by atoms with Gasteiger partial charge in [0.05, 0.1) is 11.5 Å². The van der Waals surface area contributed by atoms with Crippen LogP contribution in [0.3, 0.4) is 0 Å². The van der Waals surface area contributed by atoms with E-state index in [4.69, 9.17) is 5.11 Å². The molecule has 0 unspecified atom stereocenters. The Morgan fingerprint density at radius 3 is 2.67 bits per heavy atom. The van der Waals surface area contributed by atoms with E-state index in [-0.39, 0.29) is 16.8 Å². The Kier molecular flexibility index (Phi) is 3.25. The van der Waals surface area contributed by atoms with Gasteiger partial charge in [0.15, 0.2) is 0 Å². The zero-order valence-corrected chi connectivity index (χ0v) is 7.78. The fourth-order valence-corrected chi connectivity index (χ4v) is 1.22. The average Bonchev–Trinajstić information content (AvgIpc) is 2.16. The fourth-order valence-electron chi connectivity index (χ4n) is 1.22. The first kappa shape index (κ1) is 11.4. The maximum atomic E-state index is 12.4. The minimum atomic E-state index is -2.85. The standard InChI is InChI=1S/C8H8F2N2O3/c1-4-5(3-13)7(8(9)10)11-2-6(4)12(14)15/h2,8,13H,3H2,1H3. The van der Waals surface area contributed by atoms with Gasteiger partial charge in [-0.15, -0.1) is 0 Å². The lowest BCUT2D eigenvalue weighted by atomic mass is 10.1. The van der Waals surface area contributed by atoms with Crippen molar-refractivity contribution >= 4 is 5.69 Å². The van der Waals surface area contributed by atoms with Crippen molar-refractivity contribution < 1.29 is 18.8 Å². The van der Waals surface area contributed by atoms with Crippen molar-refractivity contribution in [3.63, 3.8) is 0 Å². The Bertz CT molecular complexity index is 396. The normalized spacial score (nSPS) is 10.7. The molecule has 0 aliphatic carbocycles. The van der Waals surface area contributed by atoms with Crippen LogP contribution in [0.4, 0.5) is 14.5 Å². The highest BCUT2D eigenvalue weighted by Gasteiger charge is 2.22. The first-order valence-corrected chi connectivity index (χ1v) is 4.00. The van der Waals surface area contributed by atoms with Gasteiger partial charge in [-0.2, -0.15) is 0 Å². The van der Waals surface area contributed by atoms with E-state index in [1.54, 1.807) is 0 Å². The van der Waals surface area contributed by atoms with Crippen molar-refractivity contribution in [2.75, 3.05) is 0 Å². The topological polar surface area (TPSA) is 76.3 Å². The summed E-state index contributed by atoms with van der Waals surface area (Å²) in [6.07, 6.45) is -2.08. The van der Waals surface area contributed by atoms with Crippen LogP contribution in [-0.2, 0) is 6.61 Å². The summed E-state index contributed by atoms with van der Waals surface area (Å²) in [4.78, 5) is 13.0. The number of alkyl halides is 2. The summed E-state index contributed by atoms with van der Waals surface area (Å²) in [7, 11) is 0. The second kappa shape index (κ2) is 4.26. The summed E-state index contributed by atoms with van der Waals surface area (Å²) in [5.41, 5.74) is -1.14. The molecular formula is C8H8F2N2O3. The van der Waals surface area contributed by atoms with Crippen LogP contribution in [0, 0.1) is 17.0 Å². The number of rotatable bonds is 3. The maximum Gasteiger partial charge on any atom is 0.290 e. The lowest BCUT2D eigenvalue weighted by Crippen LogP contribution is -2.04. The molecule has 0 aliphatic rings. The highest BCUT2D eigenvalue weighted by Crippen LogP contribution is 2.28. The van der Waals surface area contributed by atoms with Crippen LogP contribution in [0.5, 0.6) is 0 Å². The summed E-state index contributed by atoms with van der Waals surface area (Å²) in [6, 6.07) is 0. The third-order valence-corrected chi connectivity index (χ3v) is 2.03. The zero-order valence-electron chi connectivity index (χ0n) is 7.78. The van der Waals surface area contributed by atoms with E-state index in [0.29, 0.717) is 0 Å². The summed E-state index contributed by atoms with van der Waals surface area (Å²) in [5, 5.41) is 19.3. The number of nitro groups is 1. The molecule has 1 heterocycles. The van der Waals surface area contributed by atoms with E-state index in [0.717, 1.165) is 6.20 Å². The second-order valence-electron chi connectivity index (χ2n) is 2.85. The summed E-state index contributed by atoms with van der Waals surface area (Å²) >= 11 is 0. The molecule has 5 nitrogen and oxygen atoms in total. The smallest absolute Gasteiger partial charge is 0.290 e. The van der Waals surface area contributed by atoms with E-state index >= 15 is 0 Å². The van der Waals surface area contributed by atoms with Crippen molar-refractivity contribution in [2.45, 2.75) is 20.0 Å². The minimum Gasteiger partial charge on any atom is -0.392 e. The van der Waals surface area contributed by atoms with E-state index in [2.05, 4.69) is 4.98 Å². The van der Waals surface area contributed by atoms with Gasteiger partial charge in [-0.25, -0.2) is 13.8 Å². The van der Waals surface area contributed by atoms with Crippen molar-refractivity contribution in [3.8, 4) is 0 Å². The first-order chi connectivity index (χ1) is 6.99. The van der Waals surface area contributed by atoms with Crippen LogP contribution >= 0.6 is 0 Å². The predicted molar refractivity (Wildman–Crippen MR) is 46.5 cm³/mol. The van der Waals surface area contributed by atoms with Gasteiger partial charge in [0.1, 0.15) is 11.9 Å². The highest BCUT2D eigenvalue weighted by molar-refractivity contribution is 5.44. The molecule has 15 heavy (non-hydrogen) atoms. The molecule has 0 saturated carbocycles. The van der Waals surface area contributed by atoms with E-state index in [9.17, 15) is 18.9 Å². The van der Waals surface area contributed by atoms with Gasteiger partial charge in [-0.05, 0) is 6.92 Å². The Labute approximate surface area is 83.5 Å². The molecule has 0 atom stereocenters. The largest absolute Gasteiger partial charge is 0.392 e. The van der Waals surface area contributed by atoms with Crippen LogP contribution in [-0.4, -0.2) is 15.0 Å². The molecule has 1 aromatic rings. The minimum absolute atomic E-state index is 0.0211. The zero-order chi connectivity index (χ0) is 11.6. The number of nitrogens with zero attached hydrogens (tertiary/aromatic N) is 2. The number of halogens is 2. The molecule has 1 rings (SSSR count). The summed E-state index contributed by atoms with van der Waals surface area (Å²) in [6.45, 7) is 0.609. The SMILES string of the molecule is Cc1c([N+](=O)[O-])cnc(C(F)F)c1CO. The quantitative estimate of drug-likeness (QED) is 0.619. The third kappa shape index (κ3) is 2.07. The fraction of sp³-hybridized carbons (Fsp3) is 0.375. The van der Waals surface area contributed by atoms with Gasteiger partial charge in [-0.3, -0.25) is 10.1 Å². The molecule has 82 valence electrons. The Balaban J connectivity index is 3.39. The number of aromatic nitrogens is 1. The van der Waals surface area contributed by atoms with Gasteiger partial charge in [0.2, 0.25) is 0 Å². The monoisotopic (exact) mass is 218 g/mol. The Morgan fingerprint density at radius 1 is 1.67 bits per heavy atom. The summed E-state index contributed by atoms with van der Waals surface area (Å²) in [5.74, 6) is 0. The van der Waals surface area contributed by atoms with Crippen LogP contribution in [0.1, 0.15) is 23.2 Å². The van der Waals surface area contributed by atoms with E-state index < -0.39 is 23.6 Å². The average molecular weight is 218 g/mol. The molecule has 0 fully saturated rings. The molecule has 0 spiro atoms. The van der Waals surface area contributed by atoms with Crippen molar-refractivity contribution in [1.29, 1.82) is 0 Å². The van der Waals surface area contributed by atoms with Crippen molar-refractivity contribution in [2.24, 2.45) is 0 Å². The number of aliphatic hydroxyl groups is 1. The maximum absolute atomic E-state index is 12.4. The summed E-state index contributed by atoms with van der Waals surface area (Å²) < 4.78 is 24.8.